The zero-order chi connectivity index (χ0) is 27.2. The summed E-state index contributed by atoms with van der Waals surface area (Å²) in [6.45, 7) is 4.92. The normalized spacial score (nSPS) is 14.3. The smallest absolute Gasteiger partial charge is 0.248 e. The van der Waals surface area contributed by atoms with Gasteiger partial charge in [0, 0.05) is 85.4 Å². The van der Waals surface area contributed by atoms with Gasteiger partial charge in [-0.3, -0.25) is 9.78 Å². The van der Waals surface area contributed by atoms with Crippen molar-refractivity contribution in [3.63, 3.8) is 0 Å². The van der Waals surface area contributed by atoms with Gasteiger partial charge < -0.3 is 25.3 Å². The Balaban J connectivity index is 1.34. The van der Waals surface area contributed by atoms with E-state index in [4.69, 9.17) is 4.98 Å². The minimum absolute atomic E-state index is 0.169. The molecule has 1 amide bonds. The van der Waals surface area contributed by atoms with Gasteiger partial charge in [0.05, 0.1) is 5.52 Å². The summed E-state index contributed by atoms with van der Waals surface area (Å²) in [4.78, 5) is 32.8. The zero-order valence-electron chi connectivity index (χ0n) is 22.6. The summed E-state index contributed by atoms with van der Waals surface area (Å²) < 4.78 is 0. The molecule has 2 aromatic heterocycles. The van der Waals surface area contributed by atoms with E-state index in [1.807, 2.05) is 49.3 Å². The molecule has 0 spiro atoms. The van der Waals surface area contributed by atoms with Gasteiger partial charge in [0.2, 0.25) is 11.9 Å². The molecule has 2 aromatic carbocycles. The van der Waals surface area contributed by atoms with Gasteiger partial charge in [-0.05, 0) is 63.1 Å². The van der Waals surface area contributed by atoms with Crippen molar-refractivity contribution in [2.24, 2.45) is 0 Å². The highest BCUT2D eigenvalue weighted by Crippen LogP contribution is 2.29. The lowest BCUT2D eigenvalue weighted by Gasteiger charge is -2.34. The molecule has 200 valence electrons. The van der Waals surface area contributed by atoms with Gasteiger partial charge in [-0.25, -0.2) is 9.97 Å². The predicted molar refractivity (Wildman–Crippen MR) is 159 cm³/mol. The van der Waals surface area contributed by atoms with E-state index < -0.39 is 0 Å². The fourth-order valence-electron chi connectivity index (χ4n) is 4.49. The monoisotopic (exact) mass is 522 g/mol. The lowest BCUT2D eigenvalue weighted by molar-refractivity contribution is -0.111. The molecule has 0 atom stereocenters. The molecule has 0 radical (unpaired) electrons. The number of carbonyl (C=O) groups excluding carboxylic acids is 1. The van der Waals surface area contributed by atoms with Crippen LogP contribution >= 0.6 is 0 Å². The van der Waals surface area contributed by atoms with Crippen LogP contribution < -0.4 is 15.5 Å². The Morgan fingerprint density at radius 1 is 1.00 bits per heavy atom. The summed E-state index contributed by atoms with van der Waals surface area (Å²) in [5.41, 5.74) is 5.41. The fourth-order valence-corrected chi connectivity index (χ4v) is 4.49. The standard InChI is InChI=1S/C30H34N8O/c1-36(2)13-5-8-28(39)33-25-7-4-6-22(18-25)27-21-31-19-23-20-32-30(35-29(23)27)34-24-9-11-26(12-10-24)38-16-14-37(3)15-17-38/h4-12,18-21H,13-17H2,1-3H3,(H,33,39)(H,32,34,35). The summed E-state index contributed by atoms with van der Waals surface area (Å²) in [5.74, 6) is 0.343. The highest BCUT2D eigenvalue weighted by molar-refractivity contribution is 6.00. The number of likely N-dealkylation sites (N-methyl/N-ethyl adjacent to an activating group) is 2. The zero-order valence-corrected chi connectivity index (χ0v) is 22.6. The first kappa shape index (κ1) is 26.3. The number of nitrogens with zero attached hydrogens (tertiary/aromatic N) is 6. The Morgan fingerprint density at radius 2 is 1.79 bits per heavy atom. The van der Waals surface area contributed by atoms with Crippen molar-refractivity contribution < 1.29 is 4.79 Å². The third kappa shape index (κ3) is 6.76. The summed E-state index contributed by atoms with van der Waals surface area (Å²) in [6.07, 6.45) is 8.71. The van der Waals surface area contributed by atoms with E-state index in [2.05, 4.69) is 61.7 Å². The number of piperazine rings is 1. The molecule has 9 heteroatoms. The Bertz CT molecular complexity index is 1460. The van der Waals surface area contributed by atoms with Crippen LogP contribution in [-0.4, -0.2) is 84.5 Å². The maximum absolute atomic E-state index is 12.3. The van der Waals surface area contributed by atoms with Gasteiger partial charge in [0.25, 0.3) is 0 Å². The molecule has 3 heterocycles. The number of pyridine rings is 1. The average molecular weight is 523 g/mol. The second kappa shape index (κ2) is 12.0. The van der Waals surface area contributed by atoms with Crippen LogP contribution in [0.1, 0.15) is 0 Å². The van der Waals surface area contributed by atoms with Gasteiger partial charge in [0.1, 0.15) is 0 Å². The van der Waals surface area contributed by atoms with Gasteiger partial charge in [-0.2, -0.15) is 0 Å². The van der Waals surface area contributed by atoms with E-state index in [-0.39, 0.29) is 5.91 Å². The van der Waals surface area contributed by atoms with Crippen LogP contribution in [0.2, 0.25) is 0 Å². The quantitative estimate of drug-likeness (QED) is 0.332. The van der Waals surface area contributed by atoms with Gasteiger partial charge in [-0.1, -0.05) is 18.2 Å². The lowest BCUT2D eigenvalue weighted by Crippen LogP contribution is -2.44. The number of fused-ring (bicyclic) bond motifs is 1. The van der Waals surface area contributed by atoms with Crippen molar-refractivity contribution in [1.29, 1.82) is 0 Å². The number of nitrogens with one attached hydrogen (secondary N) is 2. The first-order chi connectivity index (χ1) is 18.9. The van der Waals surface area contributed by atoms with E-state index in [1.54, 1.807) is 24.7 Å². The highest BCUT2D eigenvalue weighted by Gasteiger charge is 2.14. The summed E-state index contributed by atoms with van der Waals surface area (Å²) in [6, 6.07) is 16.1. The maximum atomic E-state index is 12.3. The van der Waals surface area contributed by atoms with E-state index >= 15 is 0 Å². The van der Waals surface area contributed by atoms with Crippen LogP contribution in [0.5, 0.6) is 0 Å². The molecule has 4 aromatic rings. The number of benzene rings is 2. The SMILES string of the molecule is CN(C)CC=CC(=O)Nc1cccc(-c2cncc3cnc(Nc4ccc(N5CCN(C)CC5)cc4)nc23)c1. The average Bonchev–Trinajstić information content (AvgIpc) is 2.93. The van der Waals surface area contributed by atoms with E-state index in [1.165, 1.54) is 5.69 Å². The van der Waals surface area contributed by atoms with Crippen LogP contribution in [0.25, 0.3) is 22.0 Å². The molecule has 1 fully saturated rings. The van der Waals surface area contributed by atoms with Crippen LogP contribution in [0.4, 0.5) is 23.0 Å². The fraction of sp³-hybridized carbons (Fsp3) is 0.267. The van der Waals surface area contributed by atoms with Crippen molar-refractivity contribution in [2.45, 2.75) is 0 Å². The van der Waals surface area contributed by atoms with Crippen molar-refractivity contribution in [3.05, 3.63) is 79.3 Å². The molecular weight excluding hydrogens is 488 g/mol. The molecule has 0 bridgehead atoms. The van der Waals surface area contributed by atoms with Crippen LogP contribution in [0.15, 0.2) is 79.3 Å². The Hall–Kier alpha value is -4.34. The number of hydrogen-bond acceptors (Lipinski definition) is 8. The Morgan fingerprint density at radius 3 is 2.56 bits per heavy atom. The molecule has 2 N–H and O–H groups in total. The molecule has 39 heavy (non-hydrogen) atoms. The predicted octanol–water partition coefficient (Wildman–Crippen LogP) is 4.24. The second-order valence-corrected chi connectivity index (χ2v) is 10.0. The van der Waals surface area contributed by atoms with E-state index in [0.29, 0.717) is 18.2 Å². The topological polar surface area (TPSA) is 89.5 Å². The molecule has 1 aliphatic heterocycles. The molecule has 5 rings (SSSR count). The van der Waals surface area contributed by atoms with Crippen molar-refractivity contribution in [1.82, 2.24) is 24.8 Å². The van der Waals surface area contributed by atoms with Crippen molar-refractivity contribution >= 4 is 39.8 Å². The minimum Gasteiger partial charge on any atom is -0.369 e. The van der Waals surface area contributed by atoms with Crippen LogP contribution in [-0.2, 0) is 4.79 Å². The van der Waals surface area contributed by atoms with Crippen molar-refractivity contribution in [2.75, 3.05) is 69.4 Å². The van der Waals surface area contributed by atoms with Gasteiger partial charge in [-0.15, -0.1) is 0 Å². The molecule has 9 nitrogen and oxygen atoms in total. The van der Waals surface area contributed by atoms with E-state index in [0.717, 1.165) is 53.9 Å². The third-order valence-corrected chi connectivity index (χ3v) is 6.66. The molecule has 1 saturated heterocycles. The number of hydrogen-bond donors (Lipinski definition) is 2. The first-order valence-corrected chi connectivity index (χ1v) is 13.1. The third-order valence-electron chi connectivity index (χ3n) is 6.66. The molecule has 0 saturated carbocycles. The van der Waals surface area contributed by atoms with Gasteiger partial charge in [0.15, 0.2) is 0 Å². The lowest BCUT2D eigenvalue weighted by atomic mass is 10.0. The summed E-state index contributed by atoms with van der Waals surface area (Å²) >= 11 is 0. The summed E-state index contributed by atoms with van der Waals surface area (Å²) in [5, 5.41) is 7.11. The first-order valence-electron chi connectivity index (χ1n) is 13.1. The van der Waals surface area contributed by atoms with Crippen molar-refractivity contribution in [3.8, 4) is 11.1 Å². The maximum Gasteiger partial charge on any atom is 0.248 e. The number of amides is 1. The Labute approximate surface area is 229 Å². The molecular formula is C30H34N8O. The Kier molecular flexibility index (Phi) is 8.10. The number of rotatable bonds is 8. The number of aromatic nitrogens is 3. The largest absolute Gasteiger partial charge is 0.369 e. The minimum atomic E-state index is -0.169. The van der Waals surface area contributed by atoms with Crippen LogP contribution in [0.3, 0.4) is 0 Å². The second-order valence-electron chi connectivity index (χ2n) is 10.0. The van der Waals surface area contributed by atoms with E-state index in [9.17, 15) is 4.79 Å². The molecule has 0 aliphatic carbocycles. The molecule has 1 aliphatic rings. The van der Waals surface area contributed by atoms with Crippen LogP contribution in [0, 0.1) is 0 Å². The summed E-state index contributed by atoms with van der Waals surface area (Å²) in [7, 11) is 6.08. The highest BCUT2D eigenvalue weighted by atomic mass is 16.1. The van der Waals surface area contributed by atoms with Gasteiger partial charge >= 0.3 is 0 Å². The number of carbonyl (C=O) groups is 1. The molecule has 0 unspecified atom stereocenters. The number of anilines is 4.